The van der Waals surface area contributed by atoms with E-state index in [4.69, 9.17) is 9.29 Å². The largest absolute Gasteiger partial charge is 1.00 e. The summed E-state index contributed by atoms with van der Waals surface area (Å²) >= 11 is 0. The van der Waals surface area contributed by atoms with Gasteiger partial charge in [-0.3, -0.25) is 4.55 Å². The van der Waals surface area contributed by atoms with Gasteiger partial charge in [0.2, 0.25) is 0 Å². The number of benzene rings is 2. The van der Waals surface area contributed by atoms with Crippen LogP contribution in [0.1, 0.15) is 70.3 Å². The van der Waals surface area contributed by atoms with Crippen LogP contribution in [0.25, 0.3) is 0 Å². The molecule has 0 unspecified atom stereocenters. The zero-order valence-electron chi connectivity index (χ0n) is 18.1. The molecule has 0 spiro atoms. The summed E-state index contributed by atoms with van der Waals surface area (Å²) in [5.74, 6) is 0.429. The Morgan fingerprint density at radius 1 is 0.867 bits per heavy atom. The Bertz CT molecular complexity index is 850. The van der Waals surface area contributed by atoms with Crippen LogP contribution in [0.4, 0.5) is 0 Å². The molecule has 0 fully saturated rings. The van der Waals surface area contributed by atoms with Crippen molar-refractivity contribution in [3.8, 4) is 17.2 Å². The molecule has 2 aromatic rings. The van der Waals surface area contributed by atoms with E-state index in [1.807, 2.05) is 6.07 Å². The fourth-order valence-corrected chi connectivity index (χ4v) is 3.75. The smallest absolute Gasteiger partial charge is 0.870 e. The first-order chi connectivity index (χ1) is 13.9. The molecule has 0 saturated carbocycles. The van der Waals surface area contributed by atoms with Gasteiger partial charge in [0.15, 0.2) is 0 Å². The van der Waals surface area contributed by atoms with Crippen LogP contribution >= 0.6 is 0 Å². The maximum Gasteiger partial charge on any atom is 1.00 e. The van der Waals surface area contributed by atoms with Crippen molar-refractivity contribution in [2.45, 2.75) is 76.0 Å². The zero-order chi connectivity index (χ0) is 21.1. The van der Waals surface area contributed by atoms with Gasteiger partial charge in [-0.15, -0.1) is 0 Å². The van der Waals surface area contributed by atoms with E-state index in [0.29, 0.717) is 5.75 Å². The van der Waals surface area contributed by atoms with E-state index in [0.717, 1.165) is 24.8 Å². The van der Waals surface area contributed by atoms with E-state index >= 15 is 0 Å². The maximum atomic E-state index is 12.6. The minimum absolute atomic E-state index is 0. The second-order valence-electron chi connectivity index (χ2n) is 7.37. The van der Waals surface area contributed by atoms with Crippen molar-refractivity contribution in [1.29, 1.82) is 0 Å². The molecule has 0 atom stereocenters. The number of unbranched alkanes of at least 4 members (excludes halogenated alkanes) is 8. The van der Waals surface area contributed by atoms with E-state index in [1.54, 1.807) is 12.1 Å². The summed E-state index contributed by atoms with van der Waals surface area (Å²) in [5, 5.41) is 12.6. The molecule has 0 amide bonds. The van der Waals surface area contributed by atoms with Crippen molar-refractivity contribution < 1.29 is 74.2 Å². The van der Waals surface area contributed by atoms with Crippen LogP contribution in [0.2, 0.25) is 0 Å². The Morgan fingerprint density at radius 3 is 2.00 bits per heavy atom. The molecule has 0 aromatic heterocycles. The molecule has 0 saturated heterocycles. The van der Waals surface area contributed by atoms with Crippen molar-refractivity contribution in [3.63, 3.8) is 0 Å². The summed E-state index contributed by atoms with van der Waals surface area (Å²) < 4.78 is 36.8. The van der Waals surface area contributed by atoms with Gasteiger partial charge in [-0.2, -0.15) is 8.42 Å². The molecule has 30 heavy (non-hydrogen) atoms. The van der Waals surface area contributed by atoms with Crippen LogP contribution < -0.4 is 61.2 Å². The summed E-state index contributed by atoms with van der Waals surface area (Å²) in [6.07, 6.45) is 11.9. The van der Waals surface area contributed by atoms with Gasteiger partial charge in [0.25, 0.3) is 10.1 Å². The molecular weight excluding hydrogens is 427 g/mol. The number of aryl methyl sites for hydroxylation is 1. The molecule has 5 nitrogen and oxygen atoms in total. The van der Waals surface area contributed by atoms with E-state index in [1.165, 1.54) is 69.2 Å². The third-order valence-corrected chi connectivity index (χ3v) is 5.83. The van der Waals surface area contributed by atoms with Crippen LogP contribution in [0.5, 0.6) is 17.2 Å². The quantitative estimate of drug-likeness (QED) is 0.283. The third-order valence-electron chi connectivity index (χ3n) is 4.96. The van der Waals surface area contributed by atoms with Crippen LogP contribution in [-0.4, -0.2) is 13.0 Å². The molecule has 0 bridgehead atoms. The molecule has 0 aliphatic heterocycles. The Hall–Kier alpha value is -0.414. The first-order valence-electron chi connectivity index (χ1n) is 10.5. The van der Waals surface area contributed by atoms with Crippen molar-refractivity contribution >= 4 is 10.1 Å². The van der Waals surface area contributed by atoms with Gasteiger partial charge in [0, 0.05) is 0 Å². The average molecular weight is 459 g/mol. The monoisotopic (exact) mass is 458 g/mol. The fraction of sp³-hybridized carbons (Fsp3) is 0.478. The van der Waals surface area contributed by atoms with Gasteiger partial charge in [0.1, 0.15) is 11.5 Å². The Labute approximate surface area is 223 Å². The summed E-state index contributed by atoms with van der Waals surface area (Å²) in [6, 6.07) is 10.5. The average Bonchev–Trinajstić information content (AvgIpc) is 2.69. The minimum atomic E-state index is -4.25. The summed E-state index contributed by atoms with van der Waals surface area (Å²) in [4.78, 5) is -0.216. The van der Waals surface area contributed by atoms with Crippen LogP contribution in [0.15, 0.2) is 47.4 Å². The molecule has 0 aliphatic rings. The first kappa shape index (κ1) is 27.6. The minimum Gasteiger partial charge on any atom is -0.870 e. The van der Waals surface area contributed by atoms with E-state index in [-0.39, 0.29) is 67.8 Å². The van der Waals surface area contributed by atoms with Crippen LogP contribution in [-0.2, 0) is 16.5 Å². The third kappa shape index (κ3) is 9.81. The molecule has 2 rings (SSSR count). The number of hydrogen-bond donors (Lipinski definition) is 1. The zero-order valence-corrected chi connectivity index (χ0v) is 22.0. The standard InChI is InChI=1S/C23H32O5S.K/c1-2-3-4-5-6-7-8-9-10-12-19-13-11-14-22(23(19)24)28-20-15-17-21(18-16-20)29(25,26)27;/h11,13-18,24H,2-10,12H2,1H3,(H,25,26,27);/q;+1/p-1. The Kier molecular flexibility index (Phi) is 13.5. The van der Waals surface area contributed by atoms with Crippen molar-refractivity contribution in [2.24, 2.45) is 0 Å². The predicted molar refractivity (Wildman–Crippen MR) is 113 cm³/mol. The summed E-state index contributed by atoms with van der Waals surface area (Å²) in [5.41, 5.74) is 0.736. The van der Waals surface area contributed by atoms with Crippen molar-refractivity contribution in [1.82, 2.24) is 0 Å². The summed E-state index contributed by atoms with van der Waals surface area (Å²) in [6.45, 7) is 2.23. The SMILES string of the molecule is CCCCCCCCCCCc1cccc(Oc2ccc(S(=O)(=O)O)cc2)c1[O-].[K+]. The second kappa shape index (κ2) is 14.6. The molecule has 160 valence electrons. The van der Waals surface area contributed by atoms with Gasteiger partial charge in [-0.25, -0.2) is 0 Å². The second-order valence-corrected chi connectivity index (χ2v) is 8.79. The number of rotatable bonds is 13. The molecule has 1 N–H and O–H groups in total. The van der Waals surface area contributed by atoms with Gasteiger partial charge >= 0.3 is 51.4 Å². The predicted octanol–water partition coefficient (Wildman–Crippen LogP) is 2.88. The molecule has 0 heterocycles. The van der Waals surface area contributed by atoms with E-state index in [2.05, 4.69) is 6.92 Å². The maximum absolute atomic E-state index is 12.6. The molecule has 7 heteroatoms. The van der Waals surface area contributed by atoms with Gasteiger partial charge in [0.05, 0.1) is 4.90 Å². The fourth-order valence-electron chi connectivity index (χ4n) is 3.27. The van der Waals surface area contributed by atoms with Gasteiger partial charge in [-0.05, 0) is 43.2 Å². The number of para-hydroxylation sites is 1. The number of hydrogen-bond acceptors (Lipinski definition) is 4. The number of ether oxygens (including phenoxy) is 1. The van der Waals surface area contributed by atoms with E-state index < -0.39 is 10.1 Å². The first-order valence-corrected chi connectivity index (χ1v) is 11.9. The summed E-state index contributed by atoms with van der Waals surface area (Å²) in [7, 11) is -4.25. The van der Waals surface area contributed by atoms with Crippen molar-refractivity contribution in [3.05, 3.63) is 48.0 Å². The van der Waals surface area contributed by atoms with Gasteiger partial charge in [-0.1, -0.05) is 81.7 Å². The van der Waals surface area contributed by atoms with Crippen LogP contribution in [0, 0.1) is 0 Å². The Morgan fingerprint density at radius 2 is 1.43 bits per heavy atom. The molecule has 2 aromatic carbocycles. The molecule has 0 aliphatic carbocycles. The Balaban J connectivity index is 0.00000450. The van der Waals surface area contributed by atoms with Crippen molar-refractivity contribution in [2.75, 3.05) is 0 Å². The molecule has 0 radical (unpaired) electrons. The van der Waals surface area contributed by atoms with Gasteiger partial charge < -0.3 is 9.84 Å². The topological polar surface area (TPSA) is 86.7 Å². The normalized spacial score (nSPS) is 11.1. The molecular formula is C23H31KO5S. The van der Waals surface area contributed by atoms with Crippen LogP contribution in [0.3, 0.4) is 0 Å². The van der Waals surface area contributed by atoms with E-state index in [9.17, 15) is 13.5 Å².